The zero-order valence-electron chi connectivity index (χ0n) is 9.37. The van der Waals surface area contributed by atoms with Gasteiger partial charge in [-0.05, 0) is 19.4 Å². The van der Waals surface area contributed by atoms with Crippen LogP contribution in [0.15, 0.2) is 0 Å². The number of rotatable bonds is 9. The molecule has 0 fully saturated rings. The quantitative estimate of drug-likeness (QED) is 0.461. The van der Waals surface area contributed by atoms with Gasteiger partial charge in [0, 0.05) is 20.1 Å². The number of ether oxygens (including phenoxy) is 1. The van der Waals surface area contributed by atoms with Crippen LogP contribution in [0.5, 0.6) is 0 Å². The minimum atomic E-state index is -0.622. The van der Waals surface area contributed by atoms with Crippen LogP contribution in [0.2, 0.25) is 0 Å². The molecule has 5 nitrogen and oxygen atoms in total. The van der Waals surface area contributed by atoms with Crippen molar-refractivity contribution in [3.05, 3.63) is 0 Å². The second-order valence-corrected chi connectivity index (χ2v) is 3.51. The average Bonchev–Trinajstić information content (AvgIpc) is 2.22. The molecule has 5 heteroatoms. The van der Waals surface area contributed by atoms with Crippen LogP contribution in [0.3, 0.4) is 0 Å². The highest BCUT2D eigenvalue weighted by molar-refractivity contribution is 5.75. The van der Waals surface area contributed by atoms with Gasteiger partial charge in [0.2, 0.25) is 5.91 Å². The summed E-state index contributed by atoms with van der Waals surface area (Å²) in [4.78, 5) is 11.2. The van der Waals surface area contributed by atoms with Gasteiger partial charge < -0.3 is 20.9 Å². The summed E-state index contributed by atoms with van der Waals surface area (Å²) in [5.74, 6) is -0.0258. The van der Waals surface area contributed by atoms with E-state index in [-0.39, 0.29) is 19.1 Å². The lowest BCUT2D eigenvalue weighted by Gasteiger charge is -2.10. The van der Waals surface area contributed by atoms with Crippen molar-refractivity contribution >= 4 is 5.91 Å². The fraction of sp³-hybridized carbons (Fsp3) is 0.900. The molecule has 0 aromatic rings. The number of carbonyl (C=O) groups is 1. The summed E-state index contributed by atoms with van der Waals surface area (Å²) in [6, 6.07) is 0. The first kappa shape index (κ1) is 14.3. The topological polar surface area (TPSA) is 84.6 Å². The van der Waals surface area contributed by atoms with Crippen LogP contribution in [0.4, 0.5) is 0 Å². The third kappa shape index (κ3) is 9.65. The number of methoxy groups -OCH3 is 1. The molecular formula is C10H22N2O3. The number of aliphatic hydroxyl groups excluding tert-OH is 1. The van der Waals surface area contributed by atoms with Crippen molar-refractivity contribution in [3.63, 3.8) is 0 Å². The summed E-state index contributed by atoms with van der Waals surface area (Å²) in [6.45, 7) is 1.17. The number of hydrogen-bond acceptors (Lipinski definition) is 4. The van der Waals surface area contributed by atoms with Crippen LogP contribution in [-0.2, 0) is 9.53 Å². The summed E-state index contributed by atoms with van der Waals surface area (Å²) in [7, 11) is 1.51. The minimum absolute atomic E-state index is 0.0258. The van der Waals surface area contributed by atoms with Crippen LogP contribution < -0.4 is 11.1 Å². The third-order valence-electron chi connectivity index (χ3n) is 2.00. The van der Waals surface area contributed by atoms with E-state index in [9.17, 15) is 9.90 Å². The number of amides is 1. The maximum Gasteiger partial charge on any atom is 0.220 e. The molecule has 0 aliphatic carbocycles. The molecule has 0 aliphatic rings. The molecule has 0 aromatic carbocycles. The Labute approximate surface area is 91.0 Å². The minimum Gasteiger partial charge on any atom is -0.389 e. The lowest BCUT2D eigenvalue weighted by Crippen LogP contribution is -2.34. The largest absolute Gasteiger partial charge is 0.389 e. The third-order valence-corrected chi connectivity index (χ3v) is 2.00. The van der Waals surface area contributed by atoms with E-state index in [1.165, 1.54) is 7.11 Å². The Balaban J connectivity index is 3.32. The molecule has 0 saturated carbocycles. The predicted octanol–water partition coefficient (Wildman–Crippen LogP) is -0.371. The summed E-state index contributed by atoms with van der Waals surface area (Å²) in [6.07, 6.45) is 2.66. The van der Waals surface area contributed by atoms with Crippen LogP contribution >= 0.6 is 0 Å². The fourth-order valence-electron chi connectivity index (χ4n) is 1.18. The highest BCUT2D eigenvalue weighted by Crippen LogP contribution is 1.98. The average molecular weight is 218 g/mol. The van der Waals surface area contributed by atoms with Crippen molar-refractivity contribution in [1.29, 1.82) is 0 Å². The van der Waals surface area contributed by atoms with E-state index in [0.717, 1.165) is 19.3 Å². The zero-order chi connectivity index (χ0) is 11.5. The Hall–Kier alpha value is -0.650. The van der Waals surface area contributed by atoms with Crippen LogP contribution in [-0.4, -0.2) is 43.9 Å². The molecule has 0 bridgehead atoms. The van der Waals surface area contributed by atoms with Gasteiger partial charge in [-0.2, -0.15) is 0 Å². The summed E-state index contributed by atoms with van der Waals surface area (Å²) in [5.41, 5.74) is 5.33. The lowest BCUT2D eigenvalue weighted by molar-refractivity contribution is -0.121. The van der Waals surface area contributed by atoms with Crippen molar-refractivity contribution in [1.82, 2.24) is 5.32 Å². The molecule has 0 aromatic heterocycles. The molecule has 1 amide bonds. The standard InChI is InChI=1S/C10H22N2O3/c1-15-8-9(13)7-12-10(14)5-3-2-4-6-11/h9,13H,2-8,11H2,1H3,(H,12,14). The van der Waals surface area contributed by atoms with Gasteiger partial charge in [0.1, 0.15) is 0 Å². The van der Waals surface area contributed by atoms with Gasteiger partial charge in [-0.25, -0.2) is 0 Å². The summed E-state index contributed by atoms with van der Waals surface area (Å²) >= 11 is 0. The molecule has 0 heterocycles. The van der Waals surface area contributed by atoms with Gasteiger partial charge in [-0.3, -0.25) is 4.79 Å². The molecular weight excluding hydrogens is 196 g/mol. The Morgan fingerprint density at radius 2 is 2.20 bits per heavy atom. The molecule has 0 radical (unpaired) electrons. The SMILES string of the molecule is COCC(O)CNC(=O)CCCCCN. The fourth-order valence-corrected chi connectivity index (χ4v) is 1.18. The first-order valence-corrected chi connectivity index (χ1v) is 5.34. The molecule has 0 rings (SSSR count). The maximum absolute atomic E-state index is 11.2. The maximum atomic E-state index is 11.2. The molecule has 15 heavy (non-hydrogen) atoms. The van der Waals surface area contributed by atoms with E-state index >= 15 is 0 Å². The zero-order valence-corrected chi connectivity index (χ0v) is 9.37. The van der Waals surface area contributed by atoms with Crippen molar-refractivity contribution in [3.8, 4) is 0 Å². The van der Waals surface area contributed by atoms with Crippen molar-refractivity contribution in [2.24, 2.45) is 5.73 Å². The van der Waals surface area contributed by atoms with E-state index < -0.39 is 6.10 Å². The number of aliphatic hydroxyl groups is 1. The van der Waals surface area contributed by atoms with Crippen molar-refractivity contribution < 1.29 is 14.6 Å². The van der Waals surface area contributed by atoms with Crippen LogP contribution in [0.25, 0.3) is 0 Å². The van der Waals surface area contributed by atoms with Gasteiger partial charge in [0.25, 0.3) is 0 Å². The molecule has 0 spiro atoms. The Kier molecular flexibility index (Phi) is 9.46. The Bertz CT molecular complexity index is 165. The highest BCUT2D eigenvalue weighted by atomic mass is 16.5. The first-order valence-electron chi connectivity index (χ1n) is 5.34. The summed E-state index contributed by atoms with van der Waals surface area (Å²) < 4.78 is 4.73. The van der Waals surface area contributed by atoms with E-state index in [2.05, 4.69) is 5.32 Å². The predicted molar refractivity (Wildman–Crippen MR) is 58.4 cm³/mol. The molecule has 90 valence electrons. The monoisotopic (exact) mass is 218 g/mol. The van der Waals surface area contributed by atoms with Crippen molar-refractivity contribution in [2.45, 2.75) is 31.8 Å². The van der Waals surface area contributed by atoms with E-state index in [1.54, 1.807) is 0 Å². The van der Waals surface area contributed by atoms with Gasteiger partial charge in [-0.1, -0.05) is 6.42 Å². The van der Waals surface area contributed by atoms with Gasteiger partial charge in [-0.15, -0.1) is 0 Å². The number of nitrogens with two attached hydrogens (primary N) is 1. The molecule has 0 saturated heterocycles. The number of carbonyl (C=O) groups excluding carboxylic acids is 1. The van der Waals surface area contributed by atoms with Gasteiger partial charge in [0.15, 0.2) is 0 Å². The first-order chi connectivity index (χ1) is 7.20. The van der Waals surface area contributed by atoms with E-state index in [1.807, 2.05) is 0 Å². The summed E-state index contributed by atoms with van der Waals surface area (Å²) in [5, 5.41) is 11.9. The number of hydrogen-bond donors (Lipinski definition) is 3. The number of unbranched alkanes of at least 4 members (excludes halogenated alkanes) is 2. The second-order valence-electron chi connectivity index (χ2n) is 3.51. The number of nitrogens with one attached hydrogen (secondary N) is 1. The molecule has 1 atom stereocenters. The molecule has 1 unspecified atom stereocenters. The molecule has 0 aliphatic heterocycles. The van der Waals surface area contributed by atoms with Crippen LogP contribution in [0.1, 0.15) is 25.7 Å². The molecule has 4 N–H and O–H groups in total. The van der Waals surface area contributed by atoms with E-state index in [4.69, 9.17) is 10.5 Å². The lowest BCUT2D eigenvalue weighted by atomic mass is 10.2. The van der Waals surface area contributed by atoms with Gasteiger partial charge in [0.05, 0.1) is 12.7 Å². The second kappa shape index (κ2) is 9.89. The highest BCUT2D eigenvalue weighted by Gasteiger charge is 2.05. The Morgan fingerprint density at radius 1 is 1.47 bits per heavy atom. The van der Waals surface area contributed by atoms with Gasteiger partial charge >= 0.3 is 0 Å². The van der Waals surface area contributed by atoms with E-state index in [0.29, 0.717) is 13.0 Å². The van der Waals surface area contributed by atoms with Crippen molar-refractivity contribution in [2.75, 3.05) is 26.8 Å². The van der Waals surface area contributed by atoms with Crippen LogP contribution in [0, 0.1) is 0 Å². The normalized spacial score (nSPS) is 12.5. The Morgan fingerprint density at radius 3 is 2.80 bits per heavy atom. The smallest absolute Gasteiger partial charge is 0.220 e.